The third-order valence-electron chi connectivity index (χ3n) is 3.80. The smallest absolute Gasteiger partial charge is 0.252 e. The van der Waals surface area contributed by atoms with Gasteiger partial charge in [-0.15, -0.1) is 12.4 Å². The highest BCUT2D eigenvalue weighted by molar-refractivity contribution is 7.93. The highest BCUT2D eigenvalue weighted by atomic mass is 35.5. The first kappa shape index (κ1) is 19.7. The summed E-state index contributed by atoms with van der Waals surface area (Å²) in [4.78, 5) is 12.3. The van der Waals surface area contributed by atoms with E-state index in [1.54, 1.807) is 25.1 Å². The normalized spacial score (nSPS) is 16.8. The highest BCUT2D eigenvalue weighted by Gasteiger charge is 2.29. The van der Waals surface area contributed by atoms with E-state index in [0.29, 0.717) is 30.8 Å². The van der Waals surface area contributed by atoms with Gasteiger partial charge in [-0.05, 0) is 51.0 Å². The fourth-order valence-corrected chi connectivity index (χ4v) is 3.97. The fourth-order valence-electron chi connectivity index (χ4n) is 2.41. The largest absolute Gasteiger partial charge is 0.346 e. The molecule has 0 unspecified atom stereocenters. The lowest BCUT2D eigenvalue weighted by atomic mass is 10.0. The molecule has 2 rings (SSSR count). The number of nitrogens with one attached hydrogen (secondary N) is 1. The van der Waals surface area contributed by atoms with Crippen molar-refractivity contribution in [2.75, 3.05) is 23.1 Å². The third kappa shape index (κ3) is 4.37. The predicted molar refractivity (Wildman–Crippen MR) is 94.8 cm³/mol. The number of aryl methyl sites for hydroxylation is 1. The molecule has 1 aromatic carbocycles. The van der Waals surface area contributed by atoms with E-state index >= 15 is 0 Å². The first-order valence-electron chi connectivity index (χ1n) is 7.30. The lowest BCUT2D eigenvalue weighted by Gasteiger charge is -2.25. The molecule has 0 atom stereocenters. The first-order chi connectivity index (χ1) is 10.2. The summed E-state index contributed by atoms with van der Waals surface area (Å²) in [6.45, 7) is 6.34. The maximum atomic E-state index is 12.3. The van der Waals surface area contributed by atoms with E-state index in [1.165, 1.54) is 4.31 Å². The Labute approximate surface area is 143 Å². The molecule has 0 radical (unpaired) electrons. The van der Waals surface area contributed by atoms with Crippen molar-refractivity contribution in [2.24, 2.45) is 5.73 Å². The number of carbonyl (C=O) groups is 1. The van der Waals surface area contributed by atoms with Crippen LogP contribution in [0.2, 0.25) is 0 Å². The molecule has 6 nitrogen and oxygen atoms in total. The molecule has 0 aliphatic carbocycles. The molecule has 0 spiro atoms. The van der Waals surface area contributed by atoms with E-state index in [4.69, 9.17) is 5.73 Å². The second-order valence-electron chi connectivity index (χ2n) is 6.28. The minimum atomic E-state index is -3.21. The number of halogens is 1. The number of rotatable bonds is 4. The van der Waals surface area contributed by atoms with Crippen LogP contribution in [0.25, 0.3) is 0 Å². The van der Waals surface area contributed by atoms with Crippen molar-refractivity contribution in [3.63, 3.8) is 0 Å². The maximum absolute atomic E-state index is 12.3. The van der Waals surface area contributed by atoms with Gasteiger partial charge in [-0.25, -0.2) is 8.42 Å². The van der Waals surface area contributed by atoms with Crippen LogP contribution in [-0.2, 0) is 10.0 Å². The minimum absolute atomic E-state index is 0. The molecule has 1 saturated heterocycles. The molecule has 1 fully saturated rings. The number of hydrogen-bond acceptors (Lipinski definition) is 4. The Morgan fingerprint density at radius 1 is 1.39 bits per heavy atom. The predicted octanol–water partition coefficient (Wildman–Crippen LogP) is 1.42. The van der Waals surface area contributed by atoms with Crippen molar-refractivity contribution in [3.8, 4) is 0 Å². The Hall–Kier alpha value is -1.31. The van der Waals surface area contributed by atoms with Crippen LogP contribution in [0.15, 0.2) is 18.2 Å². The average Bonchev–Trinajstić information content (AvgIpc) is 2.77. The van der Waals surface area contributed by atoms with Crippen LogP contribution >= 0.6 is 12.4 Å². The van der Waals surface area contributed by atoms with Gasteiger partial charge in [0.25, 0.3) is 5.91 Å². The van der Waals surface area contributed by atoms with Gasteiger partial charge >= 0.3 is 0 Å². The Bertz CT molecular complexity index is 689. The zero-order valence-corrected chi connectivity index (χ0v) is 15.3. The van der Waals surface area contributed by atoms with Crippen LogP contribution in [0.3, 0.4) is 0 Å². The molecule has 0 aromatic heterocycles. The number of carbonyl (C=O) groups excluding carboxylic acids is 1. The van der Waals surface area contributed by atoms with Gasteiger partial charge < -0.3 is 11.1 Å². The zero-order chi connectivity index (χ0) is 16.5. The molecule has 0 bridgehead atoms. The van der Waals surface area contributed by atoms with E-state index in [-0.39, 0.29) is 24.1 Å². The molecule has 0 saturated carbocycles. The van der Waals surface area contributed by atoms with Crippen molar-refractivity contribution in [3.05, 3.63) is 29.3 Å². The first-order valence-corrected chi connectivity index (χ1v) is 8.91. The van der Waals surface area contributed by atoms with Gasteiger partial charge in [0, 0.05) is 24.2 Å². The average molecular weight is 362 g/mol. The fraction of sp³-hybridized carbons (Fsp3) is 0.533. The summed E-state index contributed by atoms with van der Waals surface area (Å²) in [5.74, 6) is -0.0253. The summed E-state index contributed by atoms with van der Waals surface area (Å²) in [5.41, 5.74) is 7.02. The lowest BCUT2D eigenvalue weighted by molar-refractivity contribution is 0.0915. The molecule has 3 N–H and O–H groups in total. The van der Waals surface area contributed by atoms with E-state index < -0.39 is 15.6 Å². The molecule has 1 aliphatic rings. The molecule has 1 heterocycles. The number of anilines is 1. The van der Waals surface area contributed by atoms with E-state index in [0.717, 1.165) is 5.56 Å². The van der Waals surface area contributed by atoms with Crippen molar-refractivity contribution in [1.29, 1.82) is 0 Å². The van der Waals surface area contributed by atoms with Crippen LogP contribution in [0.5, 0.6) is 0 Å². The summed E-state index contributed by atoms with van der Waals surface area (Å²) in [5, 5.41) is 2.87. The van der Waals surface area contributed by atoms with E-state index in [1.807, 2.05) is 13.8 Å². The minimum Gasteiger partial charge on any atom is -0.346 e. The molecular weight excluding hydrogens is 338 g/mol. The van der Waals surface area contributed by atoms with Crippen LogP contribution in [0, 0.1) is 6.92 Å². The van der Waals surface area contributed by atoms with Crippen molar-refractivity contribution in [2.45, 2.75) is 32.7 Å². The van der Waals surface area contributed by atoms with E-state index in [9.17, 15) is 13.2 Å². The molecule has 130 valence electrons. The van der Waals surface area contributed by atoms with Crippen LogP contribution < -0.4 is 15.4 Å². The topological polar surface area (TPSA) is 92.5 Å². The third-order valence-corrected chi connectivity index (χ3v) is 5.67. The van der Waals surface area contributed by atoms with Crippen molar-refractivity contribution in [1.82, 2.24) is 5.32 Å². The zero-order valence-electron chi connectivity index (χ0n) is 13.6. The van der Waals surface area contributed by atoms with Gasteiger partial charge in [0.15, 0.2) is 0 Å². The van der Waals surface area contributed by atoms with Gasteiger partial charge in [-0.3, -0.25) is 9.10 Å². The monoisotopic (exact) mass is 361 g/mol. The van der Waals surface area contributed by atoms with Crippen LogP contribution in [0.4, 0.5) is 5.69 Å². The van der Waals surface area contributed by atoms with Gasteiger partial charge in [-0.1, -0.05) is 0 Å². The number of amides is 1. The van der Waals surface area contributed by atoms with E-state index in [2.05, 4.69) is 5.32 Å². The SMILES string of the molecule is Cc1cc(N2CCCS2(=O)=O)ccc1C(=O)NC(C)(C)CN.Cl. The number of benzene rings is 1. The van der Waals surface area contributed by atoms with Crippen molar-refractivity contribution >= 4 is 34.0 Å². The Balaban J connectivity index is 0.00000264. The summed E-state index contributed by atoms with van der Waals surface area (Å²) >= 11 is 0. The molecule has 23 heavy (non-hydrogen) atoms. The van der Waals surface area contributed by atoms with Crippen molar-refractivity contribution < 1.29 is 13.2 Å². The Morgan fingerprint density at radius 2 is 2.04 bits per heavy atom. The summed E-state index contributed by atoms with van der Waals surface area (Å²) in [7, 11) is -3.21. The van der Waals surface area contributed by atoms with Gasteiger partial charge in [0.2, 0.25) is 10.0 Å². The standard InChI is InChI=1S/C15H23N3O3S.ClH/c1-11-9-12(18-7-4-8-22(18,20)21)5-6-13(11)14(19)17-15(2,3)10-16;/h5-6,9H,4,7-8,10,16H2,1-3H3,(H,17,19);1H. The lowest BCUT2D eigenvalue weighted by Crippen LogP contribution is -2.49. The summed E-state index contributed by atoms with van der Waals surface area (Å²) in [6, 6.07) is 5.09. The van der Waals surface area contributed by atoms with Gasteiger partial charge in [-0.2, -0.15) is 0 Å². The second kappa shape index (κ2) is 7.07. The number of nitrogens with zero attached hydrogens (tertiary/aromatic N) is 1. The maximum Gasteiger partial charge on any atom is 0.252 e. The molecule has 1 amide bonds. The molecule has 1 aliphatic heterocycles. The second-order valence-corrected chi connectivity index (χ2v) is 8.30. The van der Waals surface area contributed by atoms with Gasteiger partial charge in [0.1, 0.15) is 0 Å². The highest BCUT2D eigenvalue weighted by Crippen LogP contribution is 2.26. The summed E-state index contributed by atoms with van der Waals surface area (Å²) < 4.78 is 25.3. The molecule has 8 heteroatoms. The number of hydrogen-bond donors (Lipinski definition) is 2. The molecular formula is C15H24ClN3O3S. The van der Waals surface area contributed by atoms with Crippen LogP contribution in [0.1, 0.15) is 36.2 Å². The Morgan fingerprint density at radius 3 is 2.52 bits per heavy atom. The molecule has 1 aromatic rings. The summed E-state index contributed by atoms with van der Waals surface area (Å²) in [6.07, 6.45) is 0.633. The van der Waals surface area contributed by atoms with Crippen LogP contribution in [-0.4, -0.2) is 38.7 Å². The Kier molecular flexibility index (Phi) is 6.06. The number of nitrogens with two attached hydrogens (primary N) is 1. The number of sulfonamides is 1. The van der Waals surface area contributed by atoms with Gasteiger partial charge in [0.05, 0.1) is 11.4 Å². The quantitative estimate of drug-likeness (QED) is 0.848.